The van der Waals surface area contributed by atoms with Gasteiger partial charge in [-0.15, -0.1) is 24.5 Å². The number of amides is 1. The summed E-state index contributed by atoms with van der Waals surface area (Å²) in [5.74, 6) is 0.452. The van der Waals surface area contributed by atoms with Gasteiger partial charge in [-0.25, -0.2) is 4.98 Å². The highest BCUT2D eigenvalue weighted by Gasteiger charge is 2.31. The van der Waals surface area contributed by atoms with Crippen LogP contribution in [0, 0.1) is 6.92 Å². The number of benzene rings is 1. The fraction of sp³-hybridized carbons (Fsp3) is 0.333. The van der Waals surface area contributed by atoms with Crippen LogP contribution in [-0.4, -0.2) is 41.3 Å². The fourth-order valence-corrected chi connectivity index (χ4v) is 4.42. The molecular weight excluding hydrogens is 415 g/mol. The van der Waals surface area contributed by atoms with E-state index in [0.717, 1.165) is 28.7 Å². The maximum Gasteiger partial charge on any atom is 0.573 e. The number of alkyl halides is 3. The molecule has 0 saturated carbocycles. The molecule has 0 radical (unpaired) electrons. The Bertz CT molecular complexity index is 1050. The molecule has 1 saturated heterocycles. The van der Waals surface area contributed by atoms with Gasteiger partial charge < -0.3 is 15.0 Å². The number of nitrogens with one attached hydrogen (secondary N) is 1. The van der Waals surface area contributed by atoms with E-state index in [9.17, 15) is 18.0 Å². The molecule has 1 fully saturated rings. The number of carbonyl (C=O) groups is 1. The van der Waals surface area contributed by atoms with Gasteiger partial charge in [-0.2, -0.15) is 0 Å². The van der Waals surface area contributed by atoms with Crippen LogP contribution in [0.15, 0.2) is 41.1 Å². The molecule has 1 amide bonds. The number of aromatic nitrogens is 1. The van der Waals surface area contributed by atoms with E-state index in [-0.39, 0.29) is 24.1 Å². The van der Waals surface area contributed by atoms with Crippen molar-refractivity contribution in [3.8, 4) is 5.75 Å². The molecule has 9 heteroatoms. The smallest absolute Gasteiger partial charge is 0.406 e. The number of thiophene rings is 1. The molecule has 158 valence electrons. The Labute approximate surface area is 175 Å². The molecule has 4 rings (SSSR count). The number of rotatable bonds is 5. The first-order valence-electron chi connectivity index (χ1n) is 9.49. The third-order valence-electron chi connectivity index (χ3n) is 5.07. The molecule has 1 atom stereocenters. The SMILES string of the molecule is Cc1cc(N[C@H]2CCN(C(=O)Cc3ccc(OC(F)(F)F)cc3)C2)nc2cscc12. The van der Waals surface area contributed by atoms with Gasteiger partial charge in [-0.1, -0.05) is 12.1 Å². The lowest BCUT2D eigenvalue weighted by Crippen LogP contribution is -2.32. The average molecular weight is 435 g/mol. The Balaban J connectivity index is 1.33. The Morgan fingerprint density at radius 3 is 2.80 bits per heavy atom. The van der Waals surface area contributed by atoms with Crippen molar-refractivity contribution < 1.29 is 22.7 Å². The van der Waals surface area contributed by atoms with Crippen LogP contribution in [0.4, 0.5) is 19.0 Å². The van der Waals surface area contributed by atoms with Crippen molar-refractivity contribution in [1.29, 1.82) is 0 Å². The minimum absolute atomic E-state index is 0.0544. The highest BCUT2D eigenvalue weighted by Crippen LogP contribution is 2.26. The number of ether oxygens (including phenoxy) is 1. The van der Waals surface area contributed by atoms with Gasteiger partial charge in [0.1, 0.15) is 11.6 Å². The first kappa shape index (κ1) is 20.5. The summed E-state index contributed by atoms with van der Waals surface area (Å²) in [6.45, 7) is 3.25. The molecule has 30 heavy (non-hydrogen) atoms. The quantitative estimate of drug-likeness (QED) is 0.628. The second-order valence-electron chi connectivity index (χ2n) is 7.33. The predicted molar refractivity (Wildman–Crippen MR) is 110 cm³/mol. The second-order valence-corrected chi connectivity index (χ2v) is 8.08. The number of likely N-dealkylation sites (tertiary alicyclic amines) is 1. The molecule has 1 aromatic carbocycles. The van der Waals surface area contributed by atoms with Gasteiger partial charge in [0.15, 0.2) is 0 Å². The van der Waals surface area contributed by atoms with Gasteiger partial charge in [-0.3, -0.25) is 4.79 Å². The molecule has 0 unspecified atom stereocenters. The molecule has 1 N–H and O–H groups in total. The summed E-state index contributed by atoms with van der Waals surface area (Å²) in [6, 6.07) is 7.53. The van der Waals surface area contributed by atoms with E-state index < -0.39 is 6.36 Å². The summed E-state index contributed by atoms with van der Waals surface area (Å²) in [6.07, 6.45) is -3.78. The van der Waals surface area contributed by atoms with Crippen molar-refractivity contribution >= 4 is 34.0 Å². The summed E-state index contributed by atoms with van der Waals surface area (Å²) in [5, 5.41) is 8.67. The van der Waals surface area contributed by atoms with Crippen molar-refractivity contribution in [2.75, 3.05) is 18.4 Å². The Hall–Kier alpha value is -2.81. The van der Waals surface area contributed by atoms with Crippen molar-refractivity contribution in [3.63, 3.8) is 0 Å². The summed E-state index contributed by atoms with van der Waals surface area (Å²) in [5.41, 5.74) is 2.77. The molecule has 0 spiro atoms. The van der Waals surface area contributed by atoms with E-state index in [2.05, 4.69) is 27.3 Å². The van der Waals surface area contributed by atoms with Crippen LogP contribution in [0.2, 0.25) is 0 Å². The van der Waals surface area contributed by atoms with E-state index in [1.807, 2.05) is 11.4 Å². The predicted octanol–water partition coefficient (Wildman–Crippen LogP) is 4.76. The van der Waals surface area contributed by atoms with Crippen LogP contribution in [0.5, 0.6) is 5.75 Å². The molecule has 0 aliphatic carbocycles. The first-order valence-corrected chi connectivity index (χ1v) is 10.4. The fourth-order valence-electron chi connectivity index (χ4n) is 3.60. The van der Waals surface area contributed by atoms with Crippen molar-refractivity contribution in [1.82, 2.24) is 9.88 Å². The van der Waals surface area contributed by atoms with Gasteiger partial charge in [-0.05, 0) is 42.7 Å². The number of hydrogen-bond acceptors (Lipinski definition) is 5. The summed E-state index contributed by atoms with van der Waals surface area (Å²) in [4.78, 5) is 19.0. The third-order valence-corrected chi connectivity index (χ3v) is 5.80. The molecule has 0 bridgehead atoms. The zero-order valence-electron chi connectivity index (χ0n) is 16.2. The highest BCUT2D eigenvalue weighted by molar-refractivity contribution is 7.09. The first-order chi connectivity index (χ1) is 14.3. The van der Waals surface area contributed by atoms with Crippen molar-refractivity contribution in [2.24, 2.45) is 0 Å². The number of aryl methyl sites for hydroxylation is 1. The van der Waals surface area contributed by atoms with Gasteiger partial charge in [0.25, 0.3) is 0 Å². The molecule has 2 aromatic heterocycles. The van der Waals surface area contributed by atoms with Gasteiger partial charge in [0.05, 0.1) is 11.9 Å². The van der Waals surface area contributed by atoms with Crippen LogP contribution in [0.25, 0.3) is 10.9 Å². The zero-order valence-corrected chi connectivity index (χ0v) is 17.0. The normalized spacial score (nSPS) is 16.8. The molecule has 5 nitrogen and oxygen atoms in total. The Morgan fingerprint density at radius 1 is 1.30 bits per heavy atom. The van der Waals surface area contributed by atoms with Crippen molar-refractivity contribution in [3.05, 3.63) is 52.2 Å². The molecule has 1 aliphatic heterocycles. The lowest BCUT2D eigenvalue weighted by atomic mass is 10.1. The lowest BCUT2D eigenvalue weighted by molar-refractivity contribution is -0.274. The maximum absolute atomic E-state index is 12.6. The van der Waals surface area contributed by atoms with Gasteiger partial charge >= 0.3 is 6.36 Å². The molecule has 3 heterocycles. The summed E-state index contributed by atoms with van der Waals surface area (Å²) < 4.78 is 40.6. The van der Waals surface area contributed by atoms with E-state index >= 15 is 0 Å². The summed E-state index contributed by atoms with van der Waals surface area (Å²) in [7, 11) is 0. The minimum atomic E-state index is -4.73. The van der Waals surface area contributed by atoms with Crippen molar-refractivity contribution in [2.45, 2.75) is 32.2 Å². The van der Waals surface area contributed by atoms with Crippen LogP contribution in [-0.2, 0) is 11.2 Å². The highest BCUT2D eigenvalue weighted by atomic mass is 32.1. The van der Waals surface area contributed by atoms with E-state index in [1.165, 1.54) is 24.3 Å². The standard InChI is InChI=1S/C21H20F3N3O2S/c1-13-8-19(26-18-12-30-11-17(13)18)25-15-6-7-27(10-15)20(28)9-14-2-4-16(5-3-14)29-21(22,23)24/h2-5,8,11-12,15H,6-7,9-10H2,1H3,(H,25,26)/t15-/m0/s1. The molecule has 3 aromatic rings. The second kappa shape index (κ2) is 8.14. The monoisotopic (exact) mass is 435 g/mol. The number of halogens is 3. The summed E-state index contributed by atoms with van der Waals surface area (Å²) >= 11 is 1.62. The number of fused-ring (bicyclic) bond motifs is 1. The number of nitrogens with zero attached hydrogens (tertiary/aromatic N) is 2. The number of pyridine rings is 1. The number of anilines is 1. The maximum atomic E-state index is 12.6. The molecular formula is C21H20F3N3O2S. The largest absolute Gasteiger partial charge is 0.573 e. The number of carbonyl (C=O) groups excluding carboxylic acids is 1. The molecule has 1 aliphatic rings. The third kappa shape index (κ3) is 4.84. The number of hydrogen-bond donors (Lipinski definition) is 1. The Morgan fingerprint density at radius 2 is 2.07 bits per heavy atom. The van der Waals surface area contributed by atoms with Crippen LogP contribution < -0.4 is 10.1 Å². The van der Waals surface area contributed by atoms with Crippen LogP contribution in [0.3, 0.4) is 0 Å². The van der Waals surface area contributed by atoms with E-state index in [1.54, 1.807) is 16.2 Å². The average Bonchev–Trinajstić information content (AvgIpc) is 3.32. The zero-order chi connectivity index (χ0) is 21.3. The van der Waals surface area contributed by atoms with Crippen LogP contribution in [0.1, 0.15) is 17.5 Å². The van der Waals surface area contributed by atoms with Gasteiger partial charge in [0.2, 0.25) is 5.91 Å². The van der Waals surface area contributed by atoms with E-state index in [4.69, 9.17) is 0 Å². The van der Waals surface area contributed by atoms with Crippen LogP contribution >= 0.6 is 11.3 Å². The topological polar surface area (TPSA) is 54.5 Å². The van der Waals surface area contributed by atoms with Gasteiger partial charge in [0, 0.05) is 35.3 Å². The minimum Gasteiger partial charge on any atom is -0.406 e. The Kier molecular flexibility index (Phi) is 5.55. The van der Waals surface area contributed by atoms with E-state index in [0.29, 0.717) is 18.7 Å². The lowest BCUT2D eigenvalue weighted by Gasteiger charge is -2.18.